The molecule has 6 nitrogen and oxygen atoms in total. The van der Waals surface area contributed by atoms with Crippen LogP contribution in [0.5, 0.6) is 0 Å². The summed E-state index contributed by atoms with van der Waals surface area (Å²) in [4.78, 5) is 18.0. The number of hydrogen-bond donors (Lipinski definition) is 2. The van der Waals surface area contributed by atoms with Crippen molar-refractivity contribution in [3.05, 3.63) is 34.5 Å². The van der Waals surface area contributed by atoms with Crippen LogP contribution in [0.25, 0.3) is 11.5 Å². The van der Waals surface area contributed by atoms with Crippen LogP contribution in [0.15, 0.2) is 27.6 Å². The molecule has 2 N–H and O–H groups in total. The van der Waals surface area contributed by atoms with Gasteiger partial charge in [0.15, 0.2) is 5.82 Å². The highest BCUT2D eigenvalue weighted by Gasteiger charge is 2.17. The number of aromatic nitrogens is 3. The van der Waals surface area contributed by atoms with E-state index in [-0.39, 0.29) is 5.56 Å². The van der Waals surface area contributed by atoms with E-state index in [1.54, 1.807) is 12.3 Å². The van der Waals surface area contributed by atoms with E-state index in [9.17, 15) is 4.79 Å². The summed E-state index contributed by atoms with van der Waals surface area (Å²) in [5.74, 6) is 1.76. The molecule has 0 aromatic carbocycles. The summed E-state index contributed by atoms with van der Waals surface area (Å²) >= 11 is 0. The summed E-state index contributed by atoms with van der Waals surface area (Å²) in [6, 6.07) is 3.13. The number of nitrogens with zero attached hydrogens (tertiary/aromatic N) is 2. The largest absolute Gasteiger partial charge is 0.334 e. The Bertz CT molecular complexity index is 578. The lowest BCUT2D eigenvalue weighted by Crippen LogP contribution is -2.31. The lowest BCUT2D eigenvalue weighted by molar-refractivity contribution is 0.360. The highest BCUT2D eigenvalue weighted by Crippen LogP contribution is 2.18. The molecule has 2 aromatic rings. The van der Waals surface area contributed by atoms with E-state index in [0.717, 1.165) is 30.9 Å². The minimum Gasteiger partial charge on any atom is -0.334 e. The van der Waals surface area contributed by atoms with E-state index >= 15 is 0 Å². The van der Waals surface area contributed by atoms with Crippen LogP contribution in [0.3, 0.4) is 0 Å². The second-order valence-electron chi connectivity index (χ2n) is 4.87. The van der Waals surface area contributed by atoms with Gasteiger partial charge in [-0.1, -0.05) is 5.16 Å². The Hall–Kier alpha value is -1.95. The minimum absolute atomic E-state index is 0.142. The van der Waals surface area contributed by atoms with Crippen LogP contribution in [0, 0.1) is 5.92 Å². The van der Waals surface area contributed by atoms with Gasteiger partial charge in [0, 0.05) is 18.7 Å². The molecule has 0 aliphatic carbocycles. The van der Waals surface area contributed by atoms with E-state index in [4.69, 9.17) is 4.52 Å². The maximum absolute atomic E-state index is 11.0. The Balaban J connectivity index is 1.71. The number of H-pyrrole nitrogens is 1. The van der Waals surface area contributed by atoms with Crippen LogP contribution in [0.4, 0.5) is 0 Å². The molecule has 2 aromatic heterocycles. The Kier molecular flexibility index (Phi) is 3.41. The number of rotatable bonds is 3. The van der Waals surface area contributed by atoms with Gasteiger partial charge in [-0.05, 0) is 37.9 Å². The zero-order chi connectivity index (χ0) is 13.1. The van der Waals surface area contributed by atoms with E-state index in [1.165, 1.54) is 18.9 Å². The first-order valence-corrected chi connectivity index (χ1v) is 6.54. The number of aromatic amines is 1. The Morgan fingerprint density at radius 3 is 3.11 bits per heavy atom. The van der Waals surface area contributed by atoms with E-state index in [1.807, 2.05) is 0 Å². The smallest absolute Gasteiger partial charge is 0.259 e. The van der Waals surface area contributed by atoms with Crippen molar-refractivity contribution >= 4 is 0 Å². The van der Waals surface area contributed by atoms with Crippen LogP contribution in [-0.2, 0) is 6.42 Å². The quantitative estimate of drug-likeness (QED) is 0.859. The van der Waals surface area contributed by atoms with Gasteiger partial charge in [-0.15, -0.1) is 0 Å². The second-order valence-corrected chi connectivity index (χ2v) is 4.87. The van der Waals surface area contributed by atoms with Crippen LogP contribution >= 0.6 is 0 Å². The Labute approximate surface area is 110 Å². The van der Waals surface area contributed by atoms with Crippen LogP contribution in [-0.4, -0.2) is 28.2 Å². The molecule has 3 heterocycles. The normalized spacial score (nSPS) is 19.5. The molecular formula is C13H16N4O2. The van der Waals surface area contributed by atoms with Gasteiger partial charge < -0.3 is 14.8 Å². The van der Waals surface area contributed by atoms with Gasteiger partial charge in [0.05, 0.1) is 5.56 Å². The lowest BCUT2D eigenvalue weighted by atomic mass is 9.96. The summed E-state index contributed by atoms with van der Waals surface area (Å²) in [5.41, 5.74) is 0.594. The Morgan fingerprint density at radius 2 is 2.37 bits per heavy atom. The number of hydrogen-bond acceptors (Lipinski definition) is 5. The van der Waals surface area contributed by atoms with Crippen LogP contribution in [0.2, 0.25) is 0 Å². The topological polar surface area (TPSA) is 83.8 Å². The summed E-state index contributed by atoms with van der Waals surface area (Å²) < 4.78 is 5.23. The van der Waals surface area contributed by atoms with Crippen molar-refractivity contribution in [3.8, 4) is 11.5 Å². The summed E-state index contributed by atoms with van der Waals surface area (Å²) in [7, 11) is 0. The van der Waals surface area contributed by atoms with Gasteiger partial charge in [0.1, 0.15) is 0 Å². The first-order valence-electron chi connectivity index (χ1n) is 6.54. The van der Waals surface area contributed by atoms with Crippen molar-refractivity contribution in [3.63, 3.8) is 0 Å². The minimum atomic E-state index is -0.142. The molecule has 1 saturated heterocycles. The molecule has 3 rings (SSSR count). The van der Waals surface area contributed by atoms with Crippen molar-refractivity contribution in [1.29, 1.82) is 0 Å². The van der Waals surface area contributed by atoms with E-state index in [0.29, 0.717) is 11.8 Å². The number of piperidine rings is 1. The first-order chi connectivity index (χ1) is 9.31. The van der Waals surface area contributed by atoms with Crippen molar-refractivity contribution in [2.75, 3.05) is 13.1 Å². The summed E-state index contributed by atoms with van der Waals surface area (Å²) in [5, 5.41) is 7.38. The number of pyridine rings is 1. The molecule has 6 heteroatoms. The predicted molar refractivity (Wildman–Crippen MR) is 69.7 cm³/mol. The van der Waals surface area contributed by atoms with Crippen molar-refractivity contribution in [2.24, 2.45) is 5.92 Å². The molecule has 1 aliphatic heterocycles. The molecule has 0 saturated carbocycles. The third kappa shape index (κ3) is 2.90. The van der Waals surface area contributed by atoms with Crippen molar-refractivity contribution in [1.82, 2.24) is 20.4 Å². The fourth-order valence-electron chi connectivity index (χ4n) is 2.35. The monoisotopic (exact) mass is 260 g/mol. The average molecular weight is 260 g/mol. The highest BCUT2D eigenvalue weighted by atomic mass is 16.5. The molecule has 0 spiro atoms. The fourth-order valence-corrected chi connectivity index (χ4v) is 2.35. The van der Waals surface area contributed by atoms with Crippen molar-refractivity contribution < 1.29 is 4.52 Å². The summed E-state index contributed by atoms with van der Waals surface area (Å²) in [6.07, 6.45) is 4.83. The molecule has 19 heavy (non-hydrogen) atoms. The zero-order valence-corrected chi connectivity index (χ0v) is 10.6. The average Bonchev–Trinajstić information content (AvgIpc) is 2.89. The standard InChI is InChI=1S/C13H16N4O2/c18-12-4-3-10(8-15-12)13-16-11(17-19-13)6-9-2-1-5-14-7-9/h3-4,8-9,14H,1-2,5-7H2,(H,15,18). The van der Waals surface area contributed by atoms with Crippen LogP contribution < -0.4 is 10.9 Å². The molecule has 0 amide bonds. The first kappa shape index (κ1) is 12.1. The molecular weight excluding hydrogens is 244 g/mol. The lowest BCUT2D eigenvalue weighted by Gasteiger charge is -2.20. The van der Waals surface area contributed by atoms with Gasteiger partial charge >= 0.3 is 0 Å². The van der Waals surface area contributed by atoms with Gasteiger partial charge in [0.25, 0.3) is 5.89 Å². The SMILES string of the molecule is O=c1ccc(-c2nc(CC3CCCNC3)no2)c[nH]1. The molecule has 100 valence electrons. The molecule has 0 radical (unpaired) electrons. The number of nitrogens with one attached hydrogen (secondary N) is 2. The van der Waals surface area contributed by atoms with Crippen molar-refractivity contribution in [2.45, 2.75) is 19.3 Å². The van der Waals surface area contributed by atoms with Gasteiger partial charge in [0.2, 0.25) is 5.56 Å². The fraction of sp³-hybridized carbons (Fsp3) is 0.462. The maximum Gasteiger partial charge on any atom is 0.259 e. The third-order valence-corrected chi connectivity index (χ3v) is 3.37. The van der Waals surface area contributed by atoms with Gasteiger partial charge in [-0.2, -0.15) is 4.98 Å². The molecule has 1 unspecified atom stereocenters. The molecule has 0 bridgehead atoms. The summed E-state index contributed by atoms with van der Waals surface area (Å²) in [6.45, 7) is 2.12. The Morgan fingerprint density at radius 1 is 1.42 bits per heavy atom. The molecule has 1 aliphatic rings. The third-order valence-electron chi connectivity index (χ3n) is 3.37. The van der Waals surface area contributed by atoms with E-state index < -0.39 is 0 Å². The molecule has 1 atom stereocenters. The van der Waals surface area contributed by atoms with E-state index in [2.05, 4.69) is 20.4 Å². The van der Waals surface area contributed by atoms with Gasteiger partial charge in [-0.3, -0.25) is 4.79 Å². The maximum atomic E-state index is 11.0. The van der Waals surface area contributed by atoms with Gasteiger partial charge in [-0.25, -0.2) is 0 Å². The second kappa shape index (κ2) is 5.36. The zero-order valence-electron chi connectivity index (χ0n) is 10.6. The molecule has 1 fully saturated rings. The van der Waals surface area contributed by atoms with Crippen LogP contribution in [0.1, 0.15) is 18.7 Å². The predicted octanol–water partition coefficient (Wildman–Crippen LogP) is 0.967. The highest BCUT2D eigenvalue weighted by molar-refractivity contribution is 5.50.